The first-order chi connectivity index (χ1) is 10.5. The van der Waals surface area contributed by atoms with Crippen molar-refractivity contribution in [1.82, 2.24) is 10.2 Å². The summed E-state index contributed by atoms with van der Waals surface area (Å²) in [5, 5.41) is 3.39. The first kappa shape index (κ1) is 15.8. The highest BCUT2D eigenvalue weighted by atomic mass is 19.4. The van der Waals surface area contributed by atoms with Gasteiger partial charge in [-0.05, 0) is 56.3 Å². The lowest BCUT2D eigenvalue weighted by atomic mass is 9.98. The third-order valence-electron chi connectivity index (χ3n) is 4.65. The summed E-state index contributed by atoms with van der Waals surface area (Å²) in [5.74, 6) is 0.562. The highest BCUT2D eigenvalue weighted by Gasteiger charge is 2.36. The van der Waals surface area contributed by atoms with Crippen LogP contribution in [0.2, 0.25) is 0 Å². The highest BCUT2D eigenvalue weighted by molar-refractivity contribution is 5.29. The van der Waals surface area contributed by atoms with E-state index < -0.39 is 11.7 Å². The van der Waals surface area contributed by atoms with Crippen LogP contribution in [0.25, 0.3) is 0 Å². The molecule has 2 fully saturated rings. The number of piperidine rings is 1. The monoisotopic (exact) mass is 312 g/mol. The topological polar surface area (TPSA) is 15.3 Å². The summed E-state index contributed by atoms with van der Waals surface area (Å²) >= 11 is 0. The van der Waals surface area contributed by atoms with Gasteiger partial charge in [-0.1, -0.05) is 18.2 Å². The minimum Gasteiger partial charge on any atom is -0.316 e. The van der Waals surface area contributed by atoms with Crippen molar-refractivity contribution in [1.29, 1.82) is 0 Å². The molecule has 1 aliphatic carbocycles. The molecule has 0 bridgehead atoms. The van der Waals surface area contributed by atoms with E-state index in [1.54, 1.807) is 12.1 Å². The van der Waals surface area contributed by atoms with Crippen LogP contribution in [-0.2, 0) is 12.7 Å². The van der Waals surface area contributed by atoms with Gasteiger partial charge < -0.3 is 5.32 Å². The molecule has 1 N–H and O–H groups in total. The molecule has 0 spiro atoms. The van der Waals surface area contributed by atoms with Crippen molar-refractivity contribution in [2.75, 3.05) is 19.6 Å². The van der Waals surface area contributed by atoms with E-state index in [0.717, 1.165) is 32.5 Å². The van der Waals surface area contributed by atoms with Gasteiger partial charge in [0.05, 0.1) is 5.56 Å². The molecule has 122 valence electrons. The molecule has 1 atom stereocenters. The number of hydrogen-bond donors (Lipinski definition) is 1. The van der Waals surface area contributed by atoms with Crippen LogP contribution >= 0.6 is 0 Å². The largest absolute Gasteiger partial charge is 0.416 e. The van der Waals surface area contributed by atoms with E-state index in [-0.39, 0.29) is 0 Å². The Balaban J connectivity index is 1.71. The fourth-order valence-electron chi connectivity index (χ4n) is 3.35. The normalized spacial score (nSPS) is 23.0. The summed E-state index contributed by atoms with van der Waals surface area (Å²) in [6, 6.07) is 6.47. The molecule has 2 aliphatic rings. The minimum atomic E-state index is -4.27. The molecule has 1 aromatic rings. The van der Waals surface area contributed by atoms with E-state index in [0.29, 0.717) is 24.1 Å². The molecule has 5 heteroatoms. The molecule has 0 aromatic heterocycles. The lowest BCUT2D eigenvalue weighted by Gasteiger charge is -2.31. The fourth-order valence-corrected chi connectivity index (χ4v) is 3.35. The Morgan fingerprint density at radius 2 is 1.91 bits per heavy atom. The predicted molar refractivity (Wildman–Crippen MR) is 80.5 cm³/mol. The van der Waals surface area contributed by atoms with Crippen molar-refractivity contribution in [3.8, 4) is 0 Å². The Morgan fingerprint density at radius 1 is 1.14 bits per heavy atom. The predicted octanol–water partition coefficient (Wildman–Crippen LogP) is 3.67. The van der Waals surface area contributed by atoms with Gasteiger partial charge in [0.25, 0.3) is 0 Å². The zero-order chi connectivity index (χ0) is 15.6. The highest BCUT2D eigenvalue weighted by Crippen LogP contribution is 2.35. The average molecular weight is 312 g/mol. The summed E-state index contributed by atoms with van der Waals surface area (Å²) in [6.45, 7) is 3.38. The molecular formula is C17H23F3N2. The summed E-state index contributed by atoms with van der Waals surface area (Å²) in [5.41, 5.74) is -0.0758. The Kier molecular flexibility index (Phi) is 4.73. The van der Waals surface area contributed by atoms with Gasteiger partial charge in [-0.3, -0.25) is 4.90 Å². The third kappa shape index (κ3) is 4.02. The zero-order valence-corrected chi connectivity index (χ0v) is 12.7. The second-order valence-electron chi connectivity index (χ2n) is 6.53. The molecule has 1 unspecified atom stereocenters. The quantitative estimate of drug-likeness (QED) is 0.892. The van der Waals surface area contributed by atoms with Gasteiger partial charge in [0.1, 0.15) is 0 Å². The summed E-state index contributed by atoms with van der Waals surface area (Å²) < 4.78 is 39.4. The van der Waals surface area contributed by atoms with E-state index in [1.807, 2.05) is 0 Å². The SMILES string of the molecule is FC(F)(F)c1ccccc1CN(CC1CCCNC1)C1CC1. The first-order valence-corrected chi connectivity index (χ1v) is 8.14. The first-order valence-electron chi connectivity index (χ1n) is 8.14. The van der Waals surface area contributed by atoms with Crippen LogP contribution in [0, 0.1) is 5.92 Å². The molecule has 1 aromatic carbocycles. The van der Waals surface area contributed by atoms with Crippen molar-refractivity contribution in [3.63, 3.8) is 0 Å². The van der Waals surface area contributed by atoms with Crippen molar-refractivity contribution in [2.24, 2.45) is 5.92 Å². The van der Waals surface area contributed by atoms with Crippen molar-refractivity contribution in [2.45, 2.75) is 44.4 Å². The summed E-state index contributed by atoms with van der Waals surface area (Å²) in [4.78, 5) is 2.27. The number of nitrogens with one attached hydrogen (secondary N) is 1. The maximum Gasteiger partial charge on any atom is 0.416 e. The number of alkyl halides is 3. The van der Waals surface area contributed by atoms with Crippen LogP contribution in [0.5, 0.6) is 0 Å². The van der Waals surface area contributed by atoms with Crippen LogP contribution in [-0.4, -0.2) is 30.6 Å². The van der Waals surface area contributed by atoms with Gasteiger partial charge in [-0.2, -0.15) is 13.2 Å². The summed E-state index contributed by atoms with van der Waals surface area (Å²) in [6.07, 6.45) is 0.320. The number of benzene rings is 1. The minimum absolute atomic E-state index is 0.408. The van der Waals surface area contributed by atoms with E-state index in [2.05, 4.69) is 10.2 Å². The van der Waals surface area contributed by atoms with Gasteiger partial charge in [0.15, 0.2) is 0 Å². The van der Waals surface area contributed by atoms with Gasteiger partial charge in [0.2, 0.25) is 0 Å². The Morgan fingerprint density at radius 3 is 2.55 bits per heavy atom. The van der Waals surface area contributed by atoms with Gasteiger partial charge in [0, 0.05) is 19.1 Å². The van der Waals surface area contributed by atoms with Gasteiger partial charge in [-0.25, -0.2) is 0 Å². The second-order valence-corrected chi connectivity index (χ2v) is 6.53. The van der Waals surface area contributed by atoms with Crippen molar-refractivity contribution in [3.05, 3.63) is 35.4 Å². The van der Waals surface area contributed by atoms with Crippen molar-refractivity contribution >= 4 is 0 Å². The van der Waals surface area contributed by atoms with Crippen molar-refractivity contribution < 1.29 is 13.2 Å². The second kappa shape index (κ2) is 6.59. The van der Waals surface area contributed by atoms with Gasteiger partial charge in [-0.15, -0.1) is 0 Å². The average Bonchev–Trinajstić information content (AvgIpc) is 3.32. The maximum absolute atomic E-state index is 13.1. The molecular weight excluding hydrogens is 289 g/mol. The maximum atomic E-state index is 13.1. The van der Waals surface area contributed by atoms with Crippen LogP contribution in [0.4, 0.5) is 13.2 Å². The zero-order valence-electron chi connectivity index (χ0n) is 12.7. The summed E-state index contributed by atoms with van der Waals surface area (Å²) in [7, 11) is 0. The smallest absolute Gasteiger partial charge is 0.316 e. The molecule has 1 heterocycles. The van der Waals surface area contributed by atoms with E-state index >= 15 is 0 Å². The Labute approximate surface area is 129 Å². The molecule has 3 rings (SSSR count). The van der Waals surface area contributed by atoms with E-state index in [4.69, 9.17) is 0 Å². The molecule has 2 nitrogen and oxygen atoms in total. The van der Waals surface area contributed by atoms with E-state index in [1.165, 1.54) is 25.0 Å². The van der Waals surface area contributed by atoms with Crippen LogP contribution < -0.4 is 5.32 Å². The van der Waals surface area contributed by atoms with E-state index in [9.17, 15) is 13.2 Å². The molecule has 1 aliphatic heterocycles. The Bertz CT molecular complexity index is 491. The number of rotatable bonds is 5. The molecule has 0 radical (unpaired) electrons. The third-order valence-corrected chi connectivity index (χ3v) is 4.65. The molecule has 1 saturated carbocycles. The van der Waals surface area contributed by atoms with Crippen LogP contribution in [0.15, 0.2) is 24.3 Å². The van der Waals surface area contributed by atoms with Crippen LogP contribution in [0.1, 0.15) is 36.8 Å². The lowest BCUT2D eigenvalue weighted by molar-refractivity contribution is -0.138. The van der Waals surface area contributed by atoms with Gasteiger partial charge >= 0.3 is 6.18 Å². The fraction of sp³-hybridized carbons (Fsp3) is 0.647. The Hall–Kier alpha value is -1.07. The molecule has 0 amide bonds. The molecule has 22 heavy (non-hydrogen) atoms. The number of hydrogen-bond acceptors (Lipinski definition) is 2. The number of halogens is 3. The lowest BCUT2D eigenvalue weighted by Crippen LogP contribution is -2.39. The standard InChI is InChI=1S/C17H23F3N2/c18-17(19,20)16-6-2-1-5-14(16)12-22(15-7-8-15)11-13-4-3-9-21-10-13/h1-2,5-6,13,15,21H,3-4,7-12H2. The molecule has 1 saturated heterocycles. The number of nitrogens with zero attached hydrogens (tertiary/aromatic N) is 1. The van der Waals surface area contributed by atoms with Crippen LogP contribution in [0.3, 0.4) is 0 Å².